The molecule has 9 heteroatoms. The van der Waals surface area contributed by atoms with Crippen LogP contribution in [0, 0.1) is 6.92 Å². The molecule has 1 aliphatic heterocycles. The van der Waals surface area contributed by atoms with E-state index in [0.717, 1.165) is 10.5 Å². The summed E-state index contributed by atoms with van der Waals surface area (Å²) in [5, 5.41) is 0.646. The summed E-state index contributed by atoms with van der Waals surface area (Å²) < 4.78 is 58.1. The van der Waals surface area contributed by atoms with Crippen LogP contribution in [0.4, 0.5) is 0 Å². The van der Waals surface area contributed by atoms with Gasteiger partial charge >= 0.3 is 0 Å². The Balaban J connectivity index is 1.62. The topological polar surface area (TPSA) is 84.7 Å². The Hall–Kier alpha value is -2.07. The lowest BCUT2D eigenvalue weighted by molar-refractivity contribution is 0.296. The molecule has 1 atom stereocenters. The highest BCUT2D eigenvalue weighted by molar-refractivity contribution is 7.99. The van der Waals surface area contributed by atoms with Crippen molar-refractivity contribution in [2.45, 2.75) is 40.8 Å². The van der Waals surface area contributed by atoms with Gasteiger partial charge in [0.1, 0.15) is 5.76 Å². The highest BCUT2D eigenvalue weighted by atomic mass is 32.2. The Morgan fingerprint density at radius 1 is 1.03 bits per heavy atom. The standard InChI is InChI=1S/C22H23NO5S3/c1-17-7-10-21(11-8-17)31(26,27)23(18-13-14-30(24,25)16-18)15-19-9-12-22(28-19)29-20-5-3-2-4-6-20/h2-12,18H,13-16H2,1H3. The van der Waals surface area contributed by atoms with Gasteiger partial charge in [0.25, 0.3) is 0 Å². The van der Waals surface area contributed by atoms with Gasteiger partial charge in [-0.2, -0.15) is 4.31 Å². The van der Waals surface area contributed by atoms with Gasteiger partial charge in [-0.3, -0.25) is 0 Å². The number of hydrogen-bond acceptors (Lipinski definition) is 6. The lowest BCUT2D eigenvalue weighted by Crippen LogP contribution is -2.40. The average molecular weight is 478 g/mol. The molecule has 2 aromatic carbocycles. The van der Waals surface area contributed by atoms with Crippen molar-refractivity contribution in [1.29, 1.82) is 0 Å². The van der Waals surface area contributed by atoms with Crippen LogP contribution in [-0.2, 0) is 26.4 Å². The van der Waals surface area contributed by atoms with Crippen molar-refractivity contribution in [1.82, 2.24) is 4.31 Å². The number of aryl methyl sites for hydroxylation is 1. The van der Waals surface area contributed by atoms with Crippen molar-refractivity contribution >= 4 is 31.6 Å². The molecular weight excluding hydrogens is 454 g/mol. The van der Waals surface area contributed by atoms with E-state index >= 15 is 0 Å². The summed E-state index contributed by atoms with van der Waals surface area (Å²) in [7, 11) is -7.16. The second kappa shape index (κ2) is 8.82. The molecule has 1 fully saturated rings. The molecule has 4 rings (SSSR count). The second-order valence-corrected chi connectivity index (χ2v) is 12.8. The average Bonchev–Trinajstić information content (AvgIpc) is 3.32. The molecule has 0 amide bonds. The van der Waals surface area contributed by atoms with Crippen molar-refractivity contribution in [3.8, 4) is 0 Å². The normalized spacial score (nSPS) is 18.5. The van der Waals surface area contributed by atoms with Crippen LogP contribution >= 0.6 is 11.8 Å². The smallest absolute Gasteiger partial charge is 0.243 e. The summed E-state index contributed by atoms with van der Waals surface area (Å²) in [6.07, 6.45) is 0.278. The molecule has 0 saturated carbocycles. The summed E-state index contributed by atoms with van der Waals surface area (Å²) >= 11 is 1.44. The van der Waals surface area contributed by atoms with E-state index in [-0.39, 0.29) is 29.4 Å². The molecule has 0 aliphatic carbocycles. The maximum Gasteiger partial charge on any atom is 0.243 e. The molecule has 31 heavy (non-hydrogen) atoms. The largest absolute Gasteiger partial charge is 0.453 e. The number of rotatable bonds is 7. The van der Waals surface area contributed by atoms with Crippen LogP contribution in [0.25, 0.3) is 0 Å². The molecule has 0 radical (unpaired) electrons. The van der Waals surface area contributed by atoms with Crippen LogP contribution in [0.1, 0.15) is 17.7 Å². The molecule has 3 aromatic rings. The van der Waals surface area contributed by atoms with Crippen LogP contribution in [0.3, 0.4) is 0 Å². The van der Waals surface area contributed by atoms with Gasteiger partial charge in [0.2, 0.25) is 10.0 Å². The third-order valence-electron chi connectivity index (χ3n) is 5.15. The van der Waals surface area contributed by atoms with E-state index in [1.165, 1.54) is 16.1 Å². The minimum atomic E-state index is -3.90. The fourth-order valence-corrected chi connectivity index (χ4v) is 7.77. The minimum Gasteiger partial charge on any atom is -0.453 e. The van der Waals surface area contributed by atoms with Gasteiger partial charge in [0.15, 0.2) is 14.9 Å². The van der Waals surface area contributed by atoms with Crippen LogP contribution in [0.15, 0.2) is 86.0 Å². The highest BCUT2D eigenvalue weighted by Gasteiger charge is 2.39. The van der Waals surface area contributed by atoms with Gasteiger partial charge < -0.3 is 4.42 Å². The number of furan rings is 1. The molecule has 1 aromatic heterocycles. The zero-order chi connectivity index (χ0) is 22.1. The first kappa shape index (κ1) is 22.1. The fraction of sp³-hybridized carbons (Fsp3) is 0.273. The predicted molar refractivity (Wildman–Crippen MR) is 120 cm³/mol. The Morgan fingerprint density at radius 3 is 2.39 bits per heavy atom. The zero-order valence-corrected chi connectivity index (χ0v) is 19.4. The Morgan fingerprint density at radius 2 is 1.74 bits per heavy atom. The van der Waals surface area contributed by atoms with Crippen LogP contribution in [0.5, 0.6) is 0 Å². The molecular formula is C22H23NO5S3. The Labute approximate surface area is 187 Å². The van der Waals surface area contributed by atoms with E-state index in [4.69, 9.17) is 4.42 Å². The number of nitrogens with zero attached hydrogens (tertiary/aromatic N) is 1. The van der Waals surface area contributed by atoms with Gasteiger partial charge in [-0.05, 0) is 49.7 Å². The third kappa shape index (κ3) is 5.23. The van der Waals surface area contributed by atoms with Gasteiger partial charge in [-0.1, -0.05) is 47.7 Å². The van der Waals surface area contributed by atoms with Crippen LogP contribution in [-0.4, -0.2) is 38.7 Å². The summed E-state index contributed by atoms with van der Waals surface area (Å²) in [5.74, 6) is 0.286. The van der Waals surface area contributed by atoms with E-state index in [1.54, 1.807) is 36.4 Å². The number of benzene rings is 2. The molecule has 0 bridgehead atoms. The first-order chi connectivity index (χ1) is 14.7. The lowest BCUT2D eigenvalue weighted by Gasteiger charge is -2.26. The van der Waals surface area contributed by atoms with Crippen LogP contribution in [0.2, 0.25) is 0 Å². The summed E-state index contributed by atoms with van der Waals surface area (Å²) in [5.41, 5.74) is 0.947. The zero-order valence-electron chi connectivity index (χ0n) is 17.0. The van der Waals surface area contributed by atoms with Crippen molar-refractivity contribution in [3.05, 3.63) is 78.1 Å². The van der Waals surface area contributed by atoms with E-state index in [2.05, 4.69) is 0 Å². The fourth-order valence-electron chi connectivity index (χ4n) is 3.51. The number of sulfone groups is 1. The van der Waals surface area contributed by atoms with Gasteiger partial charge in [0.05, 0.1) is 22.9 Å². The SMILES string of the molecule is Cc1ccc(S(=O)(=O)N(Cc2ccc(Sc3ccccc3)o2)C2CCS(=O)(=O)C2)cc1. The van der Waals surface area contributed by atoms with Crippen molar-refractivity contribution in [2.75, 3.05) is 11.5 Å². The number of sulfonamides is 1. The molecule has 6 nitrogen and oxygen atoms in total. The van der Waals surface area contributed by atoms with E-state index in [0.29, 0.717) is 10.9 Å². The van der Waals surface area contributed by atoms with Gasteiger partial charge in [0, 0.05) is 10.9 Å². The molecule has 164 valence electrons. The first-order valence-electron chi connectivity index (χ1n) is 9.83. The molecule has 1 saturated heterocycles. The molecule has 1 unspecified atom stereocenters. The molecule has 1 aliphatic rings. The second-order valence-electron chi connectivity index (χ2n) is 7.56. The van der Waals surface area contributed by atoms with Crippen molar-refractivity contribution in [2.24, 2.45) is 0 Å². The monoisotopic (exact) mass is 477 g/mol. The lowest BCUT2D eigenvalue weighted by atomic mass is 10.2. The number of hydrogen-bond donors (Lipinski definition) is 0. The molecule has 2 heterocycles. The quantitative estimate of drug-likeness (QED) is 0.509. The summed E-state index contributed by atoms with van der Waals surface area (Å²) in [4.78, 5) is 1.15. The predicted octanol–water partition coefficient (Wildman–Crippen LogP) is 4.12. The maximum atomic E-state index is 13.4. The van der Waals surface area contributed by atoms with Crippen molar-refractivity contribution in [3.63, 3.8) is 0 Å². The van der Waals surface area contributed by atoms with E-state index in [9.17, 15) is 16.8 Å². The Kier molecular flexibility index (Phi) is 6.30. The first-order valence-corrected chi connectivity index (χ1v) is 13.9. The van der Waals surface area contributed by atoms with Gasteiger partial charge in [-0.15, -0.1) is 0 Å². The summed E-state index contributed by atoms with van der Waals surface area (Å²) in [6.45, 7) is 1.86. The summed E-state index contributed by atoms with van der Waals surface area (Å²) in [6, 6.07) is 19.2. The maximum absolute atomic E-state index is 13.4. The van der Waals surface area contributed by atoms with Crippen molar-refractivity contribution < 1.29 is 21.3 Å². The minimum absolute atomic E-state index is 0.00908. The van der Waals surface area contributed by atoms with Crippen LogP contribution < -0.4 is 0 Å². The van der Waals surface area contributed by atoms with Gasteiger partial charge in [-0.25, -0.2) is 16.8 Å². The van der Waals surface area contributed by atoms with E-state index in [1.807, 2.05) is 37.3 Å². The van der Waals surface area contributed by atoms with E-state index < -0.39 is 25.9 Å². The molecule has 0 spiro atoms. The Bertz CT molecular complexity index is 1250. The highest BCUT2D eigenvalue weighted by Crippen LogP contribution is 2.32. The third-order valence-corrected chi connectivity index (χ3v) is 9.74. The molecule has 0 N–H and O–H groups in total.